The van der Waals surface area contributed by atoms with Crippen molar-refractivity contribution in [2.45, 2.75) is 0 Å². The van der Waals surface area contributed by atoms with Gasteiger partial charge in [-0.05, 0) is 18.2 Å². The number of fused-ring (bicyclic) bond motifs is 5. The van der Waals surface area contributed by atoms with Crippen LogP contribution in [0.5, 0.6) is 0 Å². The summed E-state index contributed by atoms with van der Waals surface area (Å²) in [5, 5.41) is 3.88. The fourth-order valence-electron chi connectivity index (χ4n) is 4.07. The fourth-order valence-corrected chi connectivity index (χ4v) is 4.23. The van der Waals surface area contributed by atoms with Crippen LogP contribution in [0.2, 0.25) is 5.02 Å². The minimum Gasteiger partial charge on any atom is -0.306 e. The van der Waals surface area contributed by atoms with Crippen LogP contribution in [-0.2, 0) is 0 Å². The first-order chi connectivity index (χ1) is 14.8. The minimum atomic E-state index is 0.675. The Kier molecular flexibility index (Phi) is 3.83. The van der Waals surface area contributed by atoms with Gasteiger partial charge in [0.2, 0.25) is 0 Å². The maximum atomic E-state index is 6.31. The zero-order chi connectivity index (χ0) is 20.1. The van der Waals surface area contributed by atoms with Gasteiger partial charge in [-0.1, -0.05) is 78.3 Å². The average Bonchev–Trinajstić information content (AvgIpc) is 3.24. The van der Waals surface area contributed by atoms with Crippen molar-refractivity contribution in [1.29, 1.82) is 0 Å². The lowest BCUT2D eigenvalue weighted by Gasteiger charge is -2.11. The molecule has 142 valence electrons. The third-order valence-electron chi connectivity index (χ3n) is 5.46. The molecule has 0 radical (unpaired) electrons. The van der Waals surface area contributed by atoms with Crippen molar-refractivity contribution < 1.29 is 0 Å². The van der Waals surface area contributed by atoms with E-state index in [9.17, 15) is 0 Å². The molecule has 4 heteroatoms. The summed E-state index contributed by atoms with van der Waals surface area (Å²) in [5.41, 5.74) is 5.84. The quantitative estimate of drug-likeness (QED) is 0.289. The van der Waals surface area contributed by atoms with Crippen molar-refractivity contribution in [3.05, 3.63) is 102 Å². The Hall–Kier alpha value is -3.69. The van der Waals surface area contributed by atoms with Gasteiger partial charge < -0.3 is 4.40 Å². The van der Waals surface area contributed by atoms with Gasteiger partial charge in [0.1, 0.15) is 5.65 Å². The SMILES string of the molecule is Clc1ccc2c(c1)nc(-c1ccccc1)c1ccn3cc(-c4ccccc4)nc3c12. The highest BCUT2D eigenvalue weighted by Crippen LogP contribution is 2.36. The first-order valence-corrected chi connectivity index (χ1v) is 10.2. The van der Waals surface area contributed by atoms with Crippen molar-refractivity contribution in [1.82, 2.24) is 14.4 Å². The van der Waals surface area contributed by atoms with Crippen LogP contribution < -0.4 is 0 Å². The van der Waals surface area contributed by atoms with Crippen molar-refractivity contribution >= 4 is 38.9 Å². The van der Waals surface area contributed by atoms with Crippen LogP contribution in [0.3, 0.4) is 0 Å². The van der Waals surface area contributed by atoms with Gasteiger partial charge in [0, 0.05) is 44.7 Å². The molecule has 3 nitrogen and oxygen atoms in total. The maximum Gasteiger partial charge on any atom is 0.146 e. The second kappa shape index (κ2) is 6.68. The molecule has 6 aromatic rings. The van der Waals surface area contributed by atoms with E-state index in [0.29, 0.717) is 5.02 Å². The minimum absolute atomic E-state index is 0.675. The second-order valence-corrected chi connectivity index (χ2v) is 7.75. The van der Waals surface area contributed by atoms with E-state index in [1.807, 2.05) is 54.6 Å². The van der Waals surface area contributed by atoms with E-state index in [2.05, 4.69) is 47.1 Å². The molecule has 3 aromatic heterocycles. The summed E-state index contributed by atoms with van der Waals surface area (Å²) >= 11 is 6.31. The summed E-state index contributed by atoms with van der Waals surface area (Å²) in [4.78, 5) is 10.0. The van der Waals surface area contributed by atoms with Gasteiger partial charge in [-0.3, -0.25) is 0 Å². The number of hydrogen-bond acceptors (Lipinski definition) is 2. The van der Waals surface area contributed by atoms with Crippen LogP contribution >= 0.6 is 11.6 Å². The van der Waals surface area contributed by atoms with Gasteiger partial charge in [-0.2, -0.15) is 0 Å². The number of nitrogens with zero attached hydrogens (tertiary/aromatic N) is 3. The molecule has 0 atom stereocenters. The Morgan fingerprint density at radius 2 is 1.43 bits per heavy atom. The van der Waals surface area contributed by atoms with E-state index in [1.54, 1.807) is 0 Å². The van der Waals surface area contributed by atoms with Crippen molar-refractivity contribution in [2.75, 3.05) is 0 Å². The summed E-state index contributed by atoms with van der Waals surface area (Å²) in [5.74, 6) is 0. The lowest BCUT2D eigenvalue weighted by molar-refractivity contribution is 1.20. The monoisotopic (exact) mass is 405 g/mol. The predicted octanol–water partition coefficient (Wildman–Crippen LogP) is 7.02. The Morgan fingerprint density at radius 3 is 2.20 bits per heavy atom. The first-order valence-electron chi connectivity index (χ1n) is 9.79. The summed E-state index contributed by atoms with van der Waals surface area (Å²) < 4.78 is 2.09. The number of pyridine rings is 2. The molecule has 3 aromatic carbocycles. The molecule has 0 unspecified atom stereocenters. The highest BCUT2D eigenvalue weighted by molar-refractivity contribution is 6.31. The van der Waals surface area contributed by atoms with E-state index in [0.717, 1.165) is 49.8 Å². The van der Waals surface area contributed by atoms with E-state index in [-0.39, 0.29) is 0 Å². The molecule has 0 bridgehead atoms. The molecule has 0 amide bonds. The van der Waals surface area contributed by atoms with Crippen LogP contribution in [0.4, 0.5) is 0 Å². The lowest BCUT2D eigenvalue weighted by Crippen LogP contribution is -1.93. The number of halogens is 1. The lowest BCUT2D eigenvalue weighted by atomic mass is 10.0. The molecule has 0 aliphatic heterocycles. The predicted molar refractivity (Wildman–Crippen MR) is 124 cm³/mol. The third-order valence-corrected chi connectivity index (χ3v) is 5.70. The number of hydrogen-bond donors (Lipinski definition) is 0. The normalized spacial score (nSPS) is 11.5. The summed E-state index contributed by atoms with van der Waals surface area (Å²) in [7, 11) is 0. The van der Waals surface area contributed by atoms with Gasteiger partial charge in [0.15, 0.2) is 0 Å². The van der Waals surface area contributed by atoms with E-state index >= 15 is 0 Å². The van der Waals surface area contributed by atoms with Gasteiger partial charge in [-0.15, -0.1) is 0 Å². The summed E-state index contributed by atoms with van der Waals surface area (Å²) in [6, 6.07) is 28.5. The molecule has 0 N–H and O–H groups in total. The van der Waals surface area contributed by atoms with Gasteiger partial charge in [-0.25, -0.2) is 9.97 Å². The van der Waals surface area contributed by atoms with Crippen LogP contribution in [0, 0.1) is 0 Å². The molecule has 0 saturated heterocycles. The Morgan fingerprint density at radius 1 is 0.700 bits per heavy atom. The first kappa shape index (κ1) is 17.2. The largest absolute Gasteiger partial charge is 0.306 e. The van der Waals surface area contributed by atoms with Crippen LogP contribution in [0.1, 0.15) is 0 Å². The van der Waals surface area contributed by atoms with Crippen LogP contribution in [0.25, 0.3) is 49.8 Å². The fraction of sp³-hybridized carbons (Fsp3) is 0. The van der Waals surface area contributed by atoms with E-state index < -0.39 is 0 Å². The molecular formula is C26H16ClN3. The third kappa shape index (κ3) is 2.67. The molecule has 3 heterocycles. The smallest absolute Gasteiger partial charge is 0.146 e. The number of rotatable bonds is 2. The molecule has 0 aliphatic carbocycles. The molecule has 0 aliphatic rings. The van der Waals surface area contributed by atoms with Gasteiger partial charge in [0.05, 0.1) is 16.9 Å². The van der Waals surface area contributed by atoms with Gasteiger partial charge >= 0.3 is 0 Å². The average molecular weight is 406 g/mol. The highest BCUT2D eigenvalue weighted by Gasteiger charge is 2.15. The Balaban J connectivity index is 1.76. The Labute approximate surface area is 178 Å². The number of aromatic nitrogens is 3. The second-order valence-electron chi connectivity index (χ2n) is 7.32. The summed E-state index contributed by atoms with van der Waals surface area (Å²) in [6.07, 6.45) is 4.14. The van der Waals surface area contributed by atoms with E-state index in [4.69, 9.17) is 21.6 Å². The van der Waals surface area contributed by atoms with Crippen molar-refractivity contribution in [3.8, 4) is 22.5 Å². The highest BCUT2D eigenvalue weighted by atomic mass is 35.5. The molecule has 30 heavy (non-hydrogen) atoms. The van der Waals surface area contributed by atoms with Crippen molar-refractivity contribution in [2.24, 2.45) is 0 Å². The number of imidazole rings is 1. The summed E-state index contributed by atoms with van der Waals surface area (Å²) in [6.45, 7) is 0. The Bertz CT molecular complexity index is 1540. The van der Waals surface area contributed by atoms with Crippen LogP contribution in [-0.4, -0.2) is 14.4 Å². The zero-order valence-corrected chi connectivity index (χ0v) is 16.7. The standard InChI is InChI=1S/C26H16ClN3/c27-19-11-12-20-22(15-19)28-25(18-9-5-2-6-10-18)21-13-14-30-16-23(29-26(30)24(20)21)17-7-3-1-4-8-17/h1-16H. The van der Waals surface area contributed by atoms with E-state index in [1.165, 1.54) is 0 Å². The van der Waals surface area contributed by atoms with Crippen LogP contribution in [0.15, 0.2) is 97.3 Å². The molecular weight excluding hydrogens is 390 g/mol. The molecule has 0 fully saturated rings. The zero-order valence-electron chi connectivity index (χ0n) is 16.0. The molecule has 0 spiro atoms. The topological polar surface area (TPSA) is 30.2 Å². The molecule has 6 rings (SSSR count). The van der Waals surface area contributed by atoms with Gasteiger partial charge in [0.25, 0.3) is 0 Å². The molecule has 0 saturated carbocycles. The maximum absolute atomic E-state index is 6.31. The van der Waals surface area contributed by atoms with Crippen molar-refractivity contribution in [3.63, 3.8) is 0 Å². The number of benzene rings is 3.